The largest absolute Gasteiger partial charge is 2.00 e. The van der Waals surface area contributed by atoms with Crippen LogP contribution in [0.5, 0.6) is 0 Å². The van der Waals surface area contributed by atoms with E-state index < -0.39 is 60.5 Å². The molecular weight excluding hydrogens is 352 g/mol. The van der Waals surface area contributed by atoms with Crippen molar-refractivity contribution in [2.75, 3.05) is 0 Å². The monoisotopic (exact) mass is 366 g/mol. The normalized spacial score (nSPS) is 13.3. The van der Waals surface area contributed by atoms with E-state index in [1.54, 1.807) is 0 Å². The number of aliphatic carboxylic acids is 5. The van der Waals surface area contributed by atoms with Crippen molar-refractivity contribution in [2.24, 2.45) is 0 Å². The van der Waals surface area contributed by atoms with Crippen LogP contribution >= 0.6 is 0 Å². The fraction of sp³-hybridized carbons (Fsp3) is 0.500. The minimum atomic E-state index is -3.07. The molecule has 0 aromatic heterocycles. The van der Waals surface area contributed by atoms with Gasteiger partial charge in [0.25, 0.3) is 0 Å². The molecule has 0 radical (unpaired) electrons. The summed E-state index contributed by atoms with van der Waals surface area (Å²) in [5.41, 5.74) is -3.07. The van der Waals surface area contributed by atoms with Gasteiger partial charge in [-0.15, -0.1) is 0 Å². The second kappa shape index (κ2) is 9.62. The fourth-order valence-electron chi connectivity index (χ4n) is 1.46. The third kappa shape index (κ3) is 7.09. The van der Waals surface area contributed by atoms with Crippen LogP contribution in [0.2, 0.25) is 0 Å². The Balaban J connectivity index is -0.000000735. The van der Waals surface area contributed by atoms with E-state index in [-0.39, 0.29) is 40.6 Å². The molecule has 12 nitrogen and oxygen atoms in total. The molecule has 128 valence electrons. The molecule has 23 heavy (non-hydrogen) atoms. The van der Waals surface area contributed by atoms with Gasteiger partial charge < -0.3 is 38.2 Å². The van der Waals surface area contributed by atoms with Crippen molar-refractivity contribution in [3.63, 3.8) is 0 Å². The summed E-state index contributed by atoms with van der Waals surface area (Å²) in [4.78, 5) is 54.0. The first-order valence-corrected chi connectivity index (χ1v) is 5.41. The van der Waals surface area contributed by atoms with Crippen LogP contribution in [0.4, 0.5) is 0 Å². The molecule has 13 heteroatoms. The Morgan fingerprint density at radius 1 is 0.870 bits per heavy atom. The summed E-state index contributed by atoms with van der Waals surface area (Å²) >= 11 is 0. The Morgan fingerprint density at radius 2 is 1.26 bits per heavy atom. The van der Waals surface area contributed by atoms with E-state index in [4.69, 9.17) is 25.5 Å². The number of aliphatic hydroxyl groups excluding tert-OH is 1. The van der Waals surface area contributed by atoms with Crippen LogP contribution in [0, 0.1) is 0 Å². The summed E-state index contributed by atoms with van der Waals surface area (Å²) in [5, 5.41) is 52.8. The van der Waals surface area contributed by atoms with Gasteiger partial charge in [0.05, 0.1) is 12.8 Å². The predicted octanol–water partition coefficient (Wildman–Crippen LogP) is -2.48. The first-order chi connectivity index (χ1) is 9.92. The third-order valence-electron chi connectivity index (χ3n) is 2.40. The molecule has 0 spiro atoms. The summed E-state index contributed by atoms with van der Waals surface area (Å²) in [6.07, 6.45) is -8.36. The third-order valence-corrected chi connectivity index (χ3v) is 2.40. The molecule has 0 rings (SSSR count). The molecule has 2 atom stereocenters. The molecule has 0 aromatic rings. The van der Waals surface area contributed by atoms with Gasteiger partial charge >= 0.3 is 67.6 Å². The van der Waals surface area contributed by atoms with E-state index >= 15 is 0 Å². The zero-order valence-electron chi connectivity index (χ0n) is 13.4. The number of aliphatic hydroxyl groups is 1. The molecule has 0 saturated carbocycles. The molecule has 0 aliphatic carbocycles. The summed E-state index contributed by atoms with van der Waals surface area (Å²) in [6, 6.07) is 0. The molecule has 6 N–H and O–H groups in total. The standard InChI is InChI=1S/C10H12O12.Ca.2H/c11-3(12)1-10(9(20)21,2-4(13)14)22-6(8(18)19)5(15)7(16)17;;;/h5-6,15H,1-2H2,(H,11,12)(H,13,14)(H,16,17)(H,18,19)(H,20,21);;;/q;+2;2*-1. The van der Waals surface area contributed by atoms with Crippen LogP contribution in [0.1, 0.15) is 15.7 Å². The van der Waals surface area contributed by atoms with Gasteiger partial charge in [0.15, 0.2) is 17.8 Å². The average Bonchev–Trinajstić information content (AvgIpc) is 2.32. The van der Waals surface area contributed by atoms with E-state index in [2.05, 4.69) is 4.74 Å². The molecule has 0 aliphatic heterocycles. The summed E-state index contributed by atoms with van der Waals surface area (Å²) in [7, 11) is 0. The van der Waals surface area contributed by atoms with Crippen molar-refractivity contribution >= 4 is 67.6 Å². The SMILES string of the molecule is O=C(O)CC(CC(=O)O)(OC(C(=O)O)C(O)C(=O)O)C(=O)O.[Ca+2].[H-].[H-]. The number of carboxylic acid groups (broad SMARTS) is 5. The molecule has 0 aromatic carbocycles. The Kier molecular flexibility index (Phi) is 9.95. The molecule has 0 saturated heterocycles. The van der Waals surface area contributed by atoms with Crippen LogP contribution in [-0.2, 0) is 28.7 Å². The maximum atomic E-state index is 11.2. The molecular formula is C10H14CaO12. The number of hydrogen-bond donors (Lipinski definition) is 6. The first-order valence-electron chi connectivity index (χ1n) is 5.41. The molecule has 0 heterocycles. The van der Waals surface area contributed by atoms with Gasteiger partial charge in [-0.1, -0.05) is 0 Å². The van der Waals surface area contributed by atoms with Crippen LogP contribution in [0.25, 0.3) is 0 Å². The Morgan fingerprint density at radius 3 is 1.48 bits per heavy atom. The van der Waals surface area contributed by atoms with Crippen LogP contribution in [0.15, 0.2) is 0 Å². The van der Waals surface area contributed by atoms with Gasteiger partial charge in [-0.25, -0.2) is 14.4 Å². The van der Waals surface area contributed by atoms with Crippen LogP contribution in [0.3, 0.4) is 0 Å². The fourth-order valence-corrected chi connectivity index (χ4v) is 1.46. The average molecular weight is 366 g/mol. The minimum Gasteiger partial charge on any atom is -1.00 e. The second-order valence-corrected chi connectivity index (χ2v) is 4.10. The first kappa shape index (κ1) is 23.8. The van der Waals surface area contributed by atoms with Crippen molar-refractivity contribution in [3.8, 4) is 0 Å². The van der Waals surface area contributed by atoms with Crippen molar-refractivity contribution in [1.82, 2.24) is 0 Å². The number of ether oxygens (including phenoxy) is 1. The maximum Gasteiger partial charge on any atom is 2.00 e. The number of rotatable bonds is 10. The van der Waals surface area contributed by atoms with Crippen molar-refractivity contribution in [1.29, 1.82) is 0 Å². The van der Waals surface area contributed by atoms with Crippen molar-refractivity contribution < 1.29 is 62.2 Å². The van der Waals surface area contributed by atoms with Gasteiger partial charge in [-0.2, -0.15) is 0 Å². The molecule has 0 bridgehead atoms. The number of carboxylic acids is 5. The molecule has 0 aliphatic rings. The number of carbonyl (C=O) groups is 5. The van der Waals surface area contributed by atoms with Crippen LogP contribution < -0.4 is 0 Å². The quantitative estimate of drug-likeness (QED) is 0.221. The van der Waals surface area contributed by atoms with Gasteiger partial charge in [0.1, 0.15) is 0 Å². The Labute approximate surface area is 160 Å². The summed E-state index contributed by atoms with van der Waals surface area (Å²) in [5.74, 6) is -10.0. The minimum absolute atomic E-state index is 0. The number of hydrogen-bond acceptors (Lipinski definition) is 7. The molecule has 0 amide bonds. The second-order valence-electron chi connectivity index (χ2n) is 4.10. The zero-order chi connectivity index (χ0) is 17.7. The van der Waals surface area contributed by atoms with Gasteiger partial charge in [0.2, 0.25) is 0 Å². The van der Waals surface area contributed by atoms with E-state index in [1.807, 2.05) is 0 Å². The Hall–Kier alpha value is -1.47. The van der Waals surface area contributed by atoms with E-state index in [1.165, 1.54) is 0 Å². The van der Waals surface area contributed by atoms with Gasteiger partial charge in [-0.05, 0) is 0 Å². The zero-order valence-corrected chi connectivity index (χ0v) is 13.6. The van der Waals surface area contributed by atoms with Crippen molar-refractivity contribution in [2.45, 2.75) is 30.7 Å². The van der Waals surface area contributed by atoms with E-state index in [9.17, 15) is 29.1 Å². The summed E-state index contributed by atoms with van der Waals surface area (Å²) in [6.45, 7) is 0. The summed E-state index contributed by atoms with van der Waals surface area (Å²) < 4.78 is 4.41. The topological polar surface area (TPSA) is 216 Å². The maximum absolute atomic E-state index is 11.2. The van der Waals surface area contributed by atoms with E-state index in [0.717, 1.165) is 0 Å². The molecule has 2 unspecified atom stereocenters. The Bertz CT molecular complexity index is 494. The van der Waals surface area contributed by atoms with Crippen LogP contribution in [-0.4, -0.2) is 116 Å². The van der Waals surface area contributed by atoms with Gasteiger partial charge in [-0.3, -0.25) is 9.59 Å². The van der Waals surface area contributed by atoms with Gasteiger partial charge in [0, 0.05) is 0 Å². The smallest absolute Gasteiger partial charge is 1.00 e. The van der Waals surface area contributed by atoms with Crippen molar-refractivity contribution in [3.05, 3.63) is 0 Å². The van der Waals surface area contributed by atoms with E-state index in [0.29, 0.717) is 0 Å². The predicted molar refractivity (Wildman–Crippen MR) is 69.0 cm³/mol. The molecule has 0 fully saturated rings.